The molecule has 2 aromatic carbocycles. The number of amides is 1. The van der Waals surface area contributed by atoms with E-state index in [1.54, 1.807) is 17.0 Å². The second-order valence-electron chi connectivity index (χ2n) is 5.10. The van der Waals surface area contributed by atoms with E-state index >= 15 is 0 Å². The quantitative estimate of drug-likeness (QED) is 0.698. The van der Waals surface area contributed by atoms with Gasteiger partial charge in [-0.2, -0.15) is 0 Å². The first kappa shape index (κ1) is 14.1. The van der Waals surface area contributed by atoms with Crippen LogP contribution in [0.25, 0.3) is 0 Å². The van der Waals surface area contributed by atoms with Gasteiger partial charge in [0.05, 0.1) is 10.5 Å². The number of nitro benzene ring substituents is 1. The molecule has 2 aromatic rings. The van der Waals surface area contributed by atoms with Gasteiger partial charge in [-0.05, 0) is 11.6 Å². The molecule has 1 heterocycles. The first-order chi connectivity index (χ1) is 10.7. The van der Waals surface area contributed by atoms with E-state index in [1.165, 1.54) is 6.07 Å². The number of carbonyl (C=O) groups excluding carboxylic acids is 1. The van der Waals surface area contributed by atoms with Gasteiger partial charge in [-0.25, -0.2) is 0 Å². The van der Waals surface area contributed by atoms with Gasteiger partial charge in [0.1, 0.15) is 5.69 Å². The van der Waals surface area contributed by atoms with Crippen molar-refractivity contribution in [2.45, 2.75) is 6.54 Å². The summed E-state index contributed by atoms with van der Waals surface area (Å²) >= 11 is 0. The molecule has 1 aliphatic rings. The monoisotopic (exact) mass is 297 g/mol. The number of benzene rings is 2. The van der Waals surface area contributed by atoms with Gasteiger partial charge in [-0.3, -0.25) is 14.9 Å². The van der Waals surface area contributed by atoms with Gasteiger partial charge >= 0.3 is 0 Å². The summed E-state index contributed by atoms with van der Waals surface area (Å²) in [5, 5.41) is 14.1. The van der Waals surface area contributed by atoms with Gasteiger partial charge in [0.25, 0.3) is 11.6 Å². The Bertz CT molecular complexity index is 716. The SMILES string of the molecule is O=C1c2cccc([N+](=O)[O-])c2NCCN1Cc1ccccc1. The Morgan fingerprint density at radius 3 is 2.64 bits per heavy atom. The third-order valence-corrected chi connectivity index (χ3v) is 3.66. The molecule has 0 saturated heterocycles. The Kier molecular flexibility index (Phi) is 3.74. The fourth-order valence-corrected chi connectivity index (χ4v) is 2.60. The Morgan fingerprint density at radius 2 is 1.91 bits per heavy atom. The van der Waals surface area contributed by atoms with E-state index in [4.69, 9.17) is 0 Å². The van der Waals surface area contributed by atoms with Crippen LogP contribution in [0.4, 0.5) is 11.4 Å². The molecule has 0 radical (unpaired) electrons. The van der Waals surface area contributed by atoms with Crippen molar-refractivity contribution in [3.63, 3.8) is 0 Å². The summed E-state index contributed by atoms with van der Waals surface area (Å²) < 4.78 is 0. The number of carbonyl (C=O) groups is 1. The zero-order valence-corrected chi connectivity index (χ0v) is 11.9. The van der Waals surface area contributed by atoms with Crippen LogP contribution in [0.5, 0.6) is 0 Å². The van der Waals surface area contributed by atoms with Crippen LogP contribution in [0.2, 0.25) is 0 Å². The Hall–Kier alpha value is -2.89. The van der Waals surface area contributed by atoms with E-state index in [9.17, 15) is 14.9 Å². The van der Waals surface area contributed by atoms with Crippen LogP contribution in [0.1, 0.15) is 15.9 Å². The first-order valence-corrected chi connectivity index (χ1v) is 7.01. The van der Waals surface area contributed by atoms with E-state index in [2.05, 4.69) is 5.32 Å². The number of hydrogen-bond acceptors (Lipinski definition) is 4. The smallest absolute Gasteiger partial charge is 0.293 e. The van der Waals surface area contributed by atoms with Crippen LogP contribution in [-0.2, 0) is 6.54 Å². The van der Waals surface area contributed by atoms with Gasteiger partial charge in [-0.1, -0.05) is 36.4 Å². The molecule has 0 aromatic heterocycles. The molecule has 6 nitrogen and oxygen atoms in total. The topological polar surface area (TPSA) is 75.5 Å². The highest BCUT2D eigenvalue weighted by atomic mass is 16.6. The van der Waals surface area contributed by atoms with Crippen molar-refractivity contribution in [3.8, 4) is 0 Å². The molecule has 1 amide bonds. The van der Waals surface area contributed by atoms with Crippen LogP contribution >= 0.6 is 0 Å². The molecule has 0 atom stereocenters. The molecule has 0 aliphatic carbocycles. The van der Waals surface area contributed by atoms with Crippen LogP contribution in [-0.4, -0.2) is 28.8 Å². The van der Waals surface area contributed by atoms with E-state index in [-0.39, 0.29) is 11.6 Å². The number of nitrogens with one attached hydrogen (secondary N) is 1. The molecular formula is C16H15N3O3. The summed E-state index contributed by atoms with van der Waals surface area (Å²) in [4.78, 5) is 25.0. The average molecular weight is 297 g/mol. The lowest BCUT2D eigenvalue weighted by Gasteiger charge is -2.20. The van der Waals surface area contributed by atoms with E-state index in [1.807, 2.05) is 30.3 Å². The summed E-state index contributed by atoms with van der Waals surface area (Å²) in [5.74, 6) is -0.187. The zero-order valence-electron chi connectivity index (χ0n) is 11.9. The molecule has 0 bridgehead atoms. The molecule has 3 rings (SSSR count). The van der Waals surface area contributed by atoms with Crippen LogP contribution < -0.4 is 5.32 Å². The number of nitrogens with zero attached hydrogens (tertiary/aromatic N) is 2. The minimum absolute atomic E-state index is 0.0626. The molecular weight excluding hydrogens is 282 g/mol. The molecule has 1 aliphatic heterocycles. The highest BCUT2D eigenvalue weighted by Gasteiger charge is 2.27. The van der Waals surface area contributed by atoms with Crippen LogP contribution in [0.15, 0.2) is 48.5 Å². The summed E-state index contributed by atoms with van der Waals surface area (Å²) in [6.07, 6.45) is 0. The Morgan fingerprint density at radius 1 is 1.14 bits per heavy atom. The third kappa shape index (κ3) is 2.63. The molecule has 6 heteroatoms. The molecule has 112 valence electrons. The van der Waals surface area contributed by atoms with Gasteiger partial charge in [-0.15, -0.1) is 0 Å². The summed E-state index contributed by atoms with van der Waals surface area (Å²) in [5.41, 5.74) is 1.63. The molecule has 0 saturated carbocycles. The predicted octanol–water partition coefficient (Wildman–Crippen LogP) is 2.66. The van der Waals surface area contributed by atoms with Gasteiger partial charge in [0, 0.05) is 25.7 Å². The normalized spacial score (nSPS) is 14.0. The molecule has 0 unspecified atom stereocenters. The second-order valence-corrected chi connectivity index (χ2v) is 5.10. The third-order valence-electron chi connectivity index (χ3n) is 3.66. The largest absolute Gasteiger partial charge is 0.377 e. The number of rotatable bonds is 3. The highest BCUT2D eigenvalue weighted by Crippen LogP contribution is 2.30. The number of nitro groups is 1. The van der Waals surface area contributed by atoms with E-state index in [0.717, 1.165) is 5.56 Å². The number of anilines is 1. The number of fused-ring (bicyclic) bond motifs is 1. The predicted molar refractivity (Wildman–Crippen MR) is 82.8 cm³/mol. The van der Waals surface area contributed by atoms with Crippen molar-refractivity contribution in [3.05, 3.63) is 69.8 Å². The molecule has 1 N–H and O–H groups in total. The van der Waals surface area contributed by atoms with Crippen molar-refractivity contribution >= 4 is 17.3 Å². The van der Waals surface area contributed by atoms with Gasteiger partial charge in [0.2, 0.25) is 0 Å². The van der Waals surface area contributed by atoms with E-state index < -0.39 is 4.92 Å². The molecule has 0 spiro atoms. The highest BCUT2D eigenvalue weighted by molar-refractivity contribution is 6.02. The summed E-state index contributed by atoms with van der Waals surface area (Å²) in [6, 6.07) is 14.3. The fraction of sp³-hybridized carbons (Fsp3) is 0.188. The first-order valence-electron chi connectivity index (χ1n) is 7.01. The average Bonchev–Trinajstić information content (AvgIpc) is 2.68. The van der Waals surface area contributed by atoms with Gasteiger partial charge < -0.3 is 10.2 Å². The minimum atomic E-state index is -0.466. The van der Waals surface area contributed by atoms with E-state index in [0.29, 0.717) is 30.9 Å². The van der Waals surface area contributed by atoms with Crippen molar-refractivity contribution < 1.29 is 9.72 Å². The lowest BCUT2D eigenvalue weighted by molar-refractivity contribution is -0.384. The summed E-state index contributed by atoms with van der Waals surface area (Å²) in [6.45, 7) is 1.47. The minimum Gasteiger partial charge on any atom is -0.377 e. The standard InChI is InChI=1S/C16H15N3O3/c20-16-13-7-4-8-14(19(21)22)15(13)17-9-10-18(16)11-12-5-2-1-3-6-12/h1-8,17H,9-11H2. The molecule has 22 heavy (non-hydrogen) atoms. The van der Waals surface area contributed by atoms with Crippen molar-refractivity contribution in [2.24, 2.45) is 0 Å². The maximum Gasteiger partial charge on any atom is 0.293 e. The van der Waals surface area contributed by atoms with Gasteiger partial charge in [0.15, 0.2) is 0 Å². The Labute approximate surface area is 127 Å². The number of para-hydroxylation sites is 1. The zero-order chi connectivity index (χ0) is 15.5. The van der Waals surface area contributed by atoms with Crippen molar-refractivity contribution in [1.29, 1.82) is 0 Å². The lowest BCUT2D eigenvalue weighted by Crippen LogP contribution is -2.31. The van der Waals surface area contributed by atoms with Crippen LogP contribution in [0.3, 0.4) is 0 Å². The van der Waals surface area contributed by atoms with Crippen molar-refractivity contribution in [2.75, 3.05) is 18.4 Å². The molecule has 0 fully saturated rings. The second kappa shape index (κ2) is 5.85. The van der Waals surface area contributed by atoms with Crippen LogP contribution in [0, 0.1) is 10.1 Å². The number of hydrogen-bond donors (Lipinski definition) is 1. The Balaban J connectivity index is 1.93. The van der Waals surface area contributed by atoms with Crippen molar-refractivity contribution in [1.82, 2.24) is 4.90 Å². The summed E-state index contributed by atoms with van der Waals surface area (Å²) in [7, 11) is 0. The maximum absolute atomic E-state index is 12.7. The fourth-order valence-electron chi connectivity index (χ4n) is 2.60. The maximum atomic E-state index is 12.7. The lowest BCUT2D eigenvalue weighted by atomic mass is 10.1.